The van der Waals surface area contributed by atoms with E-state index < -0.39 is 0 Å². The Balaban J connectivity index is 1.93. The normalized spacial score (nSPS) is 20.1. The lowest BCUT2D eigenvalue weighted by Crippen LogP contribution is -2.18. The molecule has 1 aromatic carbocycles. The van der Waals surface area contributed by atoms with E-state index in [4.69, 9.17) is 11.6 Å². The van der Waals surface area contributed by atoms with Gasteiger partial charge in [0.1, 0.15) is 0 Å². The van der Waals surface area contributed by atoms with Gasteiger partial charge in [0.2, 0.25) is 0 Å². The summed E-state index contributed by atoms with van der Waals surface area (Å²) in [7, 11) is 0. The molecule has 1 aromatic rings. The number of rotatable bonds is 3. The van der Waals surface area contributed by atoms with Crippen molar-refractivity contribution >= 4 is 27.5 Å². The molecule has 0 heterocycles. The van der Waals surface area contributed by atoms with Crippen LogP contribution in [-0.4, -0.2) is 4.83 Å². The van der Waals surface area contributed by atoms with Crippen LogP contribution in [0.5, 0.6) is 0 Å². The van der Waals surface area contributed by atoms with E-state index in [2.05, 4.69) is 28.1 Å². The molecule has 1 atom stereocenters. The summed E-state index contributed by atoms with van der Waals surface area (Å²) in [6.07, 6.45) is 10.9. The second-order valence-corrected chi connectivity index (χ2v) is 7.00. The number of benzene rings is 1. The number of hydrogen-bond donors (Lipinski definition) is 0. The molecule has 0 aliphatic heterocycles. The third-order valence-electron chi connectivity index (χ3n) is 4.03. The maximum atomic E-state index is 6.24. The monoisotopic (exact) mass is 328 g/mol. The van der Waals surface area contributed by atoms with Crippen LogP contribution in [-0.2, 0) is 6.42 Å². The molecule has 18 heavy (non-hydrogen) atoms. The molecule has 2 rings (SSSR count). The minimum absolute atomic E-state index is 0.579. The lowest BCUT2D eigenvalue weighted by atomic mass is 9.87. The van der Waals surface area contributed by atoms with Crippen molar-refractivity contribution in [3.8, 4) is 0 Å². The molecular weight excluding hydrogens is 308 g/mol. The summed E-state index contributed by atoms with van der Waals surface area (Å²) in [5, 5.41) is 0.910. The van der Waals surface area contributed by atoms with Crippen molar-refractivity contribution < 1.29 is 0 Å². The summed E-state index contributed by atoms with van der Waals surface area (Å²) in [4.78, 5) is 0.579. The Morgan fingerprint density at radius 1 is 1.06 bits per heavy atom. The molecule has 100 valence electrons. The molecule has 0 N–H and O–H groups in total. The molecule has 0 saturated heterocycles. The van der Waals surface area contributed by atoms with Crippen molar-refractivity contribution in [2.24, 2.45) is 5.92 Å². The second kappa shape index (κ2) is 7.55. The average molecular weight is 330 g/mol. The first-order valence-electron chi connectivity index (χ1n) is 7.15. The highest BCUT2D eigenvalue weighted by molar-refractivity contribution is 9.09. The number of alkyl halides is 1. The first-order chi connectivity index (χ1) is 8.77. The average Bonchev–Trinajstić information content (AvgIpc) is 2.31. The Morgan fingerprint density at radius 3 is 2.33 bits per heavy atom. The zero-order valence-electron chi connectivity index (χ0n) is 10.9. The zero-order valence-corrected chi connectivity index (χ0v) is 13.2. The van der Waals surface area contributed by atoms with Crippen LogP contribution in [0.2, 0.25) is 5.02 Å². The van der Waals surface area contributed by atoms with Gasteiger partial charge in [-0.15, -0.1) is 0 Å². The third-order valence-corrected chi connectivity index (χ3v) is 5.47. The SMILES string of the molecule is Clc1ccccc1CC(Br)C1CCCCCCC1. The molecule has 1 fully saturated rings. The molecule has 0 amide bonds. The van der Waals surface area contributed by atoms with Crippen LogP contribution in [0.25, 0.3) is 0 Å². The minimum atomic E-state index is 0.579. The molecule has 0 spiro atoms. The Bertz CT molecular complexity index is 356. The van der Waals surface area contributed by atoms with Crippen LogP contribution < -0.4 is 0 Å². The van der Waals surface area contributed by atoms with Crippen molar-refractivity contribution in [2.75, 3.05) is 0 Å². The van der Waals surface area contributed by atoms with Crippen LogP contribution in [0.4, 0.5) is 0 Å². The molecule has 0 nitrogen and oxygen atoms in total. The van der Waals surface area contributed by atoms with Gasteiger partial charge in [-0.25, -0.2) is 0 Å². The Labute approximate surface area is 124 Å². The fourth-order valence-corrected chi connectivity index (χ4v) is 3.98. The lowest BCUT2D eigenvalue weighted by molar-refractivity contribution is 0.370. The molecule has 1 saturated carbocycles. The minimum Gasteiger partial charge on any atom is -0.0884 e. The predicted octanol–water partition coefficient (Wildman–Crippen LogP) is 6.01. The number of hydrogen-bond acceptors (Lipinski definition) is 0. The first-order valence-corrected chi connectivity index (χ1v) is 8.44. The van der Waals surface area contributed by atoms with Crippen LogP contribution in [0.3, 0.4) is 0 Å². The lowest BCUT2D eigenvalue weighted by Gasteiger charge is -2.25. The van der Waals surface area contributed by atoms with Crippen molar-refractivity contribution in [2.45, 2.75) is 56.2 Å². The molecule has 0 radical (unpaired) electrons. The highest BCUT2D eigenvalue weighted by atomic mass is 79.9. The van der Waals surface area contributed by atoms with Crippen LogP contribution in [0.1, 0.15) is 50.5 Å². The molecule has 0 bridgehead atoms. The van der Waals surface area contributed by atoms with Gasteiger partial charge in [-0.2, -0.15) is 0 Å². The third kappa shape index (κ3) is 4.28. The van der Waals surface area contributed by atoms with E-state index in [1.165, 1.54) is 50.5 Å². The summed E-state index contributed by atoms with van der Waals surface area (Å²) in [6.45, 7) is 0. The van der Waals surface area contributed by atoms with E-state index in [-0.39, 0.29) is 0 Å². The van der Waals surface area contributed by atoms with Crippen LogP contribution in [0.15, 0.2) is 24.3 Å². The van der Waals surface area contributed by atoms with Gasteiger partial charge in [-0.05, 0) is 36.8 Å². The van der Waals surface area contributed by atoms with E-state index >= 15 is 0 Å². The smallest absolute Gasteiger partial charge is 0.0438 e. The van der Waals surface area contributed by atoms with Gasteiger partial charge in [-0.1, -0.05) is 77.8 Å². The summed E-state index contributed by atoms with van der Waals surface area (Å²) >= 11 is 10.2. The molecule has 1 aliphatic carbocycles. The zero-order chi connectivity index (χ0) is 12.8. The standard InChI is InChI=1S/C16H22BrCl/c17-15(12-14-10-6-7-11-16(14)18)13-8-4-2-1-3-5-9-13/h6-7,10-11,13,15H,1-5,8-9,12H2. The topological polar surface area (TPSA) is 0 Å². The van der Waals surface area contributed by atoms with Gasteiger partial charge in [0.05, 0.1) is 0 Å². The molecule has 1 aliphatic rings. The van der Waals surface area contributed by atoms with Gasteiger partial charge in [0.15, 0.2) is 0 Å². The summed E-state index contributed by atoms with van der Waals surface area (Å²) in [5.41, 5.74) is 1.28. The summed E-state index contributed by atoms with van der Waals surface area (Å²) < 4.78 is 0. The summed E-state index contributed by atoms with van der Waals surface area (Å²) in [5.74, 6) is 0.821. The molecule has 0 aromatic heterocycles. The molecular formula is C16H22BrCl. The van der Waals surface area contributed by atoms with E-state index in [1.54, 1.807) is 0 Å². The van der Waals surface area contributed by atoms with Gasteiger partial charge >= 0.3 is 0 Å². The van der Waals surface area contributed by atoms with E-state index in [0.717, 1.165) is 17.4 Å². The van der Waals surface area contributed by atoms with Crippen LogP contribution in [0, 0.1) is 5.92 Å². The summed E-state index contributed by atoms with van der Waals surface area (Å²) in [6, 6.07) is 8.23. The van der Waals surface area contributed by atoms with Gasteiger partial charge in [-0.3, -0.25) is 0 Å². The predicted molar refractivity (Wildman–Crippen MR) is 83.7 cm³/mol. The fraction of sp³-hybridized carbons (Fsp3) is 0.625. The second-order valence-electron chi connectivity index (χ2n) is 5.42. The fourth-order valence-electron chi connectivity index (χ4n) is 2.89. The molecule has 1 unspecified atom stereocenters. The highest BCUT2D eigenvalue weighted by Crippen LogP contribution is 2.31. The first kappa shape index (κ1) is 14.4. The Morgan fingerprint density at radius 2 is 1.67 bits per heavy atom. The molecule has 2 heteroatoms. The maximum Gasteiger partial charge on any atom is 0.0438 e. The van der Waals surface area contributed by atoms with Crippen LogP contribution >= 0.6 is 27.5 Å². The van der Waals surface area contributed by atoms with Crippen molar-refractivity contribution in [3.05, 3.63) is 34.9 Å². The maximum absolute atomic E-state index is 6.24. The van der Waals surface area contributed by atoms with Crippen molar-refractivity contribution in [1.29, 1.82) is 0 Å². The van der Waals surface area contributed by atoms with E-state index in [9.17, 15) is 0 Å². The van der Waals surface area contributed by atoms with Gasteiger partial charge < -0.3 is 0 Å². The van der Waals surface area contributed by atoms with E-state index in [1.807, 2.05) is 12.1 Å². The van der Waals surface area contributed by atoms with E-state index in [0.29, 0.717) is 4.83 Å². The largest absolute Gasteiger partial charge is 0.0884 e. The Hall–Kier alpha value is -0.0100. The number of halogens is 2. The van der Waals surface area contributed by atoms with Gasteiger partial charge in [0, 0.05) is 9.85 Å². The quantitative estimate of drug-likeness (QED) is 0.596. The highest BCUT2D eigenvalue weighted by Gasteiger charge is 2.20. The van der Waals surface area contributed by atoms with Crippen molar-refractivity contribution in [3.63, 3.8) is 0 Å². The van der Waals surface area contributed by atoms with Gasteiger partial charge in [0.25, 0.3) is 0 Å². The van der Waals surface area contributed by atoms with Crippen molar-refractivity contribution in [1.82, 2.24) is 0 Å². The Kier molecular flexibility index (Phi) is 6.04.